The van der Waals surface area contributed by atoms with Crippen molar-refractivity contribution in [1.29, 1.82) is 0 Å². The molecule has 0 aliphatic rings. The van der Waals surface area contributed by atoms with E-state index in [1.54, 1.807) is 7.05 Å². The molecule has 0 aliphatic carbocycles. The van der Waals surface area contributed by atoms with Gasteiger partial charge in [-0.15, -0.1) is 16.4 Å². The number of carbonyl (C=O) groups is 1. The monoisotopic (exact) mass is 411 g/mol. The quantitative estimate of drug-likeness (QED) is 0.677. The van der Waals surface area contributed by atoms with Crippen molar-refractivity contribution in [2.24, 2.45) is 7.05 Å². The van der Waals surface area contributed by atoms with Crippen molar-refractivity contribution in [3.05, 3.63) is 57.8 Å². The lowest BCUT2D eigenvalue weighted by Gasteiger charge is -2.10. The van der Waals surface area contributed by atoms with E-state index < -0.39 is 17.8 Å². The number of hydrogen-bond donors (Lipinski definition) is 2. The molecule has 0 unspecified atom stereocenters. The van der Waals surface area contributed by atoms with Crippen molar-refractivity contribution in [2.45, 2.75) is 12.7 Å². The SMILES string of the molecule is Cn1c(-c2cccs2)nn(CCNC(=O)Nc2cccc(C(F)(F)F)c2)c1=O. The van der Waals surface area contributed by atoms with E-state index in [0.29, 0.717) is 5.82 Å². The Morgan fingerprint density at radius 3 is 2.71 bits per heavy atom. The molecule has 0 aliphatic heterocycles. The molecule has 28 heavy (non-hydrogen) atoms. The minimum absolute atomic E-state index is 0.0160. The molecule has 2 heterocycles. The first kappa shape index (κ1) is 19.7. The number of rotatable bonds is 5. The summed E-state index contributed by atoms with van der Waals surface area (Å²) >= 11 is 1.45. The molecule has 11 heteroatoms. The second-order valence-corrected chi connectivity index (χ2v) is 6.77. The lowest BCUT2D eigenvalue weighted by atomic mass is 10.2. The zero-order chi connectivity index (χ0) is 20.3. The van der Waals surface area contributed by atoms with E-state index in [9.17, 15) is 22.8 Å². The molecule has 0 saturated heterocycles. The Morgan fingerprint density at radius 1 is 1.25 bits per heavy atom. The van der Waals surface area contributed by atoms with Gasteiger partial charge in [0.25, 0.3) is 0 Å². The van der Waals surface area contributed by atoms with Crippen LogP contribution in [0, 0.1) is 0 Å². The number of anilines is 1. The summed E-state index contributed by atoms with van der Waals surface area (Å²) in [4.78, 5) is 25.0. The van der Waals surface area contributed by atoms with Gasteiger partial charge in [0.05, 0.1) is 17.0 Å². The molecule has 0 radical (unpaired) electrons. The Hall–Kier alpha value is -3.08. The molecule has 2 aromatic heterocycles. The van der Waals surface area contributed by atoms with Crippen LogP contribution in [0.3, 0.4) is 0 Å². The van der Waals surface area contributed by atoms with Gasteiger partial charge in [0.1, 0.15) is 0 Å². The fraction of sp³-hybridized carbons (Fsp3) is 0.235. The third-order valence-corrected chi connectivity index (χ3v) is 4.71. The first-order valence-corrected chi connectivity index (χ1v) is 9.03. The second kappa shape index (κ2) is 7.89. The summed E-state index contributed by atoms with van der Waals surface area (Å²) in [5.74, 6) is 0.522. The maximum atomic E-state index is 12.7. The lowest BCUT2D eigenvalue weighted by molar-refractivity contribution is -0.137. The molecule has 7 nitrogen and oxygen atoms in total. The third-order valence-electron chi connectivity index (χ3n) is 3.84. The summed E-state index contributed by atoms with van der Waals surface area (Å²) in [5.41, 5.74) is -1.17. The highest BCUT2D eigenvalue weighted by atomic mass is 32.1. The first-order chi connectivity index (χ1) is 13.3. The van der Waals surface area contributed by atoms with Gasteiger partial charge in [-0.3, -0.25) is 4.57 Å². The van der Waals surface area contributed by atoms with Gasteiger partial charge >= 0.3 is 17.9 Å². The number of amides is 2. The van der Waals surface area contributed by atoms with Gasteiger partial charge in [0, 0.05) is 19.3 Å². The van der Waals surface area contributed by atoms with E-state index in [0.717, 1.165) is 17.0 Å². The molecule has 0 saturated carbocycles. The Morgan fingerprint density at radius 2 is 2.04 bits per heavy atom. The van der Waals surface area contributed by atoms with Gasteiger partial charge in [-0.2, -0.15) is 13.2 Å². The number of aromatic nitrogens is 3. The molecule has 2 amide bonds. The molecule has 0 atom stereocenters. The number of alkyl halides is 3. The summed E-state index contributed by atoms with van der Waals surface area (Å²) in [6, 6.07) is 7.34. The largest absolute Gasteiger partial charge is 0.416 e. The first-order valence-electron chi connectivity index (χ1n) is 8.15. The molecule has 1 aromatic carbocycles. The molecule has 3 rings (SSSR count). The molecule has 0 fully saturated rings. The van der Waals surface area contributed by atoms with Gasteiger partial charge in [-0.05, 0) is 29.6 Å². The molecule has 2 N–H and O–H groups in total. The van der Waals surface area contributed by atoms with Crippen molar-refractivity contribution < 1.29 is 18.0 Å². The van der Waals surface area contributed by atoms with E-state index >= 15 is 0 Å². The zero-order valence-corrected chi connectivity index (χ0v) is 15.5. The predicted molar refractivity (Wildman–Crippen MR) is 99.2 cm³/mol. The Balaban J connectivity index is 1.58. The highest BCUT2D eigenvalue weighted by Gasteiger charge is 2.30. The third kappa shape index (κ3) is 4.42. The van der Waals surface area contributed by atoms with Crippen LogP contribution in [-0.4, -0.2) is 26.9 Å². The molecule has 0 spiro atoms. The normalized spacial score (nSPS) is 11.4. The van der Waals surface area contributed by atoms with Crippen LogP contribution in [-0.2, 0) is 19.8 Å². The maximum Gasteiger partial charge on any atom is 0.416 e. The average molecular weight is 411 g/mol. The van der Waals surface area contributed by atoms with Crippen LogP contribution < -0.4 is 16.3 Å². The molecular weight excluding hydrogens is 395 g/mol. The number of urea groups is 1. The Bertz CT molecular complexity index is 1020. The van der Waals surface area contributed by atoms with Crippen LogP contribution in [0.4, 0.5) is 23.7 Å². The smallest absolute Gasteiger partial charge is 0.336 e. The maximum absolute atomic E-state index is 12.7. The number of nitrogens with one attached hydrogen (secondary N) is 2. The highest BCUT2D eigenvalue weighted by molar-refractivity contribution is 7.13. The van der Waals surface area contributed by atoms with Crippen LogP contribution in [0.25, 0.3) is 10.7 Å². The second-order valence-electron chi connectivity index (χ2n) is 5.83. The van der Waals surface area contributed by atoms with Crippen LogP contribution in [0.1, 0.15) is 5.56 Å². The lowest BCUT2D eigenvalue weighted by Crippen LogP contribution is -2.34. The predicted octanol–water partition coefficient (Wildman–Crippen LogP) is 3.15. The van der Waals surface area contributed by atoms with E-state index in [-0.39, 0.29) is 24.5 Å². The summed E-state index contributed by atoms with van der Waals surface area (Å²) in [6.45, 7) is 0.194. The number of carbonyl (C=O) groups excluding carboxylic acids is 1. The molecule has 0 bridgehead atoms. The Kier molecular flexibility index (Phi) is 5.54. The minimum atomic E-state index is -4.49. The fourth-order valence-corrected chi connectivity index (χ4v) is 3.22. The summed E-state index contributed by atoms with van der Waals surface area (Å²) < 4.78 is 40.7. The van der Waals surface area contributed by atoms with E-state index in [1.165, 1.54) is 32.7 Å². The van der Waals surface area contributed by atoms with Crippen molar-refractivity contribution in [3.63, 3.8) is 0 Å². The van der Waals surface area contributed by atoms with Crippen molar-refractivity contribution >= 4 is 23.1 Å². The van der Waals surface area contributed by atoms with E-state index in [1.807, 2.05) is 17.5 Å². The van der Waals surface area contributed by atoms with Gasteiger partial charge < -0.3 is 10.6 Å². The van der Waals surface area contributed by atoms with Gasteiger partial charge in [0.15, 0.2) is 5.82 Å². The number of halogens is 3. The summed E-state index contributed by atoms with van der Waals surface area (Å²) in [7, 11) is 1.61. The topological polar surface area (TPSA) is 81.0 Å². The van der Waals surface area contributed by atoms with Crippen molar-refractivity contribution in [3.8, 4) is 10.7 Å². The standard InChI is InChI=1S/C17H16F3N5O2S/c1-24-14(13-6-3-9-28-13)23-25(16(24)27)8-7-21-15(26)22-12-5-2-4-11(10-12)17(18,19)20/h2-6,9-10H,7-8H2,1H3,(H2,21,22,26). The Labute approximate surface area is 161 Å². The average Bonchev–Trinajstić information content (AvgIpc) is 3.25. The fourth-order valence-electron chi connectivity index (χ4n) is 2.48. The summed E-state index contributed by atoms with van der Waals surface area (Å²) in [5, 5.41) is 10.9. The minimum Gasteiger partial charge on any atom is -0.336 e. The number of benzene rings is 1. The molecule has 148 valence electrons. The van der Waals surface area contributed by atoms with Gasteiger partial charge in [0.2, 0.25) is 0 Å². The summed E-state index contributed by atoms with van der Waals surface area (Å²) in [6.07, 6.45) is -4.49. The van der Waals surface area contributed by atoms with Crippen LogP contribution in [0.2, 0.25) is 0 Å². The zero-order valence-electron chi connectivity index (χ0n) is 14.7. The van der Waals surface area contributed by atoms with Crippen LogP contribution in [0.5, 0.6) is 0 Å². The van der Waals surface area contributed by atoms with Crippen LogP contribution in [0.15, 0.2) is 46.6 Å². The van der Waals surface area contributed by atoms with Gasteiger partial charge in [-0.1, -0.05) is 12.1 Å². The van der Waals surface area contributed by atoms with Crippen molar-refractivity contribution in [1.82, 2.24) is 19.7 Å². The van der Waals surface area contributed by atoms with E-state index in [2.05, 4.69) is 15.7 Å². The van der Waals surface area contributed by atoms with Gasteiger partial charge in [-0.25, -0.2) is 14.3 Å². The number of thiophene rings is 1. The number of nitrogens with zero attached hydrogens (tertiary/aromatic N) is 3. The molecular formula is C17H16F3N5O2S. The van der Waals surface area contributed by atoms with Crippen LogP contribution >= 0.6 is 11.3 Å². The van der Waals surface area contributed by atoms with E-state index in [4.69, 9.17) is 0 Å². The number of hydrogen-bond acceptors (Lipinski definition) is 4. The van der Waals surface area contributed by atoms with Crippen molar-refractivity contribution in [2.75, 3.05) is 11.9 Å². The molecule has 3 aromatic rings. The highest BCUT2D eigenvalue weighted by Crippen LogP contribution is 2.30.